The third kappa shape index (κ3) is 5.99. The second-order valence-corrected chi connectivity index (χ2v) is 3.84. The smallest absolute Gasteiger partial charge is 0.354 e. The molecule has 14 heavy (non-hydrogen) atoms. The van der Waals surface area contributed by atoms with E-state index < -0.39 is 5.97 Å². The number of carbonyl (C=O) groups excluding carboxylic acids is 1. The van der Waals surface area contributed by atoms with Gasteiger partial charge in [-0.2, -0.15) is 0 Å². The van der Waals surface area contributed by atoms with E-state index in [-0.39, 0.29) is 4.32 Å². The zero-order chi connectivity index (χ0) is 11.0. The van der Waals surface area contributed by atoms with Gasteiger partial charge in [0, 0.05) is 0 Å². The van der Waals surface area contributed by atoms with Crippen molar-refractivity contribution in [2.24, 2.45) is 0 Å². The molecule has 80 valence electrons. The molecule has 0 rings (SSSR count). The molecule has 5 heteroatoms. The number of nitrogens with one attached hydrogen (secondary N) is 1. The average molecular weight is 233 g/mol. The molecule has 0 heterocycles. The normalized spacial score (nSPS) is 10.9. The number of thiocarbonyl (C=S) groups is 1. The highest BCUT2D eigenvalue weighted by atomic mass is 32.1. The van der Waals surface area contributed by atoms with Crippen LogP contribution in [0.25, 0.3) is 0 Å². The fourth-order valence-corrected chi connectivity index (χ4v) is 1.09. The van der Waals surface area contributed by atoms with Crippen molar-refractivity contribution >= 4 is 35.1 Å². The molecular formula is C9H15NO2S2. The molecule has 0 fully saturated rings. The van der Waals surface area contributed by atoms with E-state index in [1.165, 1.54) is 7.11 Å². The summed E-state index contributed by atoms with van der Waals surface area (Å²) < 4.78 is 4.84. The number of methoxy groups -OCH3 is 1. The predicted molar refractivity (Wildman–Crippen MR) is 64.3 cm³/mol. The Labute approximate surface area is 95.3 Å². The van der Waals surface area contributed by atoms with Crippen molar-refractivity contribution < 1.29 is 9.53 Å². The van der Waals surface area contributed by atoms with E-state index in [1.807, 2.05) is 0 Å². The van der Waals surface area contributed by atoms with Gasteiger partial charge in [0.2, 0.25) is 0 Å². The van der Waals surface area contributed by atoms with Gasteiger partial charge in [-0.3, -0.25) is 0 Å². The van der Waals surface area contributed by atoms with Crippen molar-refractivity contribution in [3.63, 3.8) is 0 Å². The molecule has 0 aromatic rings. The monoisotopic (exact) mass is 233 g/mol. The topological polar surface area (TPSA) is 38.3 Å². The third-order valence-corrected chi connectivity index (χ3v) is 1.77. The maximum Gasteiger partial charge on any atom is 0.354 e. The zero-order valence-electron chi connectivity index (χ0n) is 8.37. The Morgan fingerprint density at radius 2 is 2.29 bits per heavy atom. The number of unbranched alkanes of at least 4 members (excludes halogenated alkanes) is 2. The standard InChI is InChI=1S/C9H15NO2S2/c1-3-4-5-6-7(8(11)12-2)10-9(13)14/h6H,3-5H2,1-2H3,(H2,10,13,14)/b7-6-. The molecule has 1 N–H and O–H groups in total. The van der Waals surface area contributed by atoms with Crippen molar-refractivity contribution in [1.29, 1.82) is 0 Å². The van der Waals surface area contributed by atoms with E-state index in [0.29, 0.717) is 5.70 Å². The molecule has 3 nitrogen and oxygen atoms in total. The molecule has 0 aromatic carbocycles. The predicted octanol–water partition coefficient (Wildman–Crippen LogP) is 2.04. The molecular weight excluding hydrogens is 218 g/mol. The minimum absolute atomic E-state index is 0.262. The molecule has 0 aliphatic carbocycles. The number of hydrogen-bond acceptors (Lipinski definition) is 3. The minimum atomic E-state index is -0.419. The van der Waals surface area contributed by atoms with Crippen molar-refractivity contribution in [2.45, 2.75) is 26.2 Å². The lowest BCUT2D eigenvalue weighted by molar-refractivity contribution is -0.136. The minimum Gasteiger partial charge on any atom is -0.464 e. The summed E-state index contributed by atoms with van der Waals surface area (Å²) in [5.74, 6) is -0.419. The van der Waals surface area contributed by atoms with Crippen LogP contribution in [0.1, 0.15) is 26.2 Å². The summed E-state index contributed by atoms with van der Waals surface area (Å²) in [6.07, 6.45) is 4.71. The van der Waals surface area contributed by atoms with E-state index in [1.54, 1.807) is 6.08 Å². The molecule has 0 saturated heterocycles. The van der Waals surface area contributed by atoms with Crippen molar-refractivity contribution in [2.75, 3.05) is 7.11 Å². The molecule has 0 spiro atoms. The molecule has 0 aliphatic heterocycles. The molecule has 0 aromatic heterocycles. The molecule has 0 amide bonds. The molecule has 0 radical (unpaired) electrons. The third-order valence-electron chi connectivity index (χ3n) is 1.55. The zero-order valence-corrected chi connectivity index (χ0v) is 10.1. The largest absolute Gasteiger partial charge is 0.464 e. The van der Waals surface area contributed by atoms with Crippen LogP contribution in [0.5, 0.6) is 0 Å². The summed E-state index contributed by atoms with van der Waals surface area (Å²) in [5.41, 5.74) is 0.362. The quantitative estimate of drug-likeness (QED) is 0.250. The fourth-order valence-electron chi connectivity index (χ4n) is 0.861. The van der Waals surface area contributed by atoms with Crippen LogP contribution in [0.3, 0.4) is 0 Å². The highest BCUT2D eigenvalue weighted by Crippen LogP contribution is 2.01. The van der Waals surface area contributed by atoms with Crippen LogP contribution in [-0.2, 0) is 9.53 Å². The van der Waals surface area contributed by atoms with E-state index in [4.69, 9.17) is 12.2 Å². The van der Waals surface area contributed by atoms with Crippen molar-refractivity contribution in [3.05, 3.63) is 11.8 Å². The molecule has 0 bridgehead atoms. The molecule has 0 unspecified atom stereocenters. The number of rotatable bonds is 5. The maximum atomic E-state index is 11.2. The fraction of sp³-hybridized carbons (Fsp3) is 0.556. The van der Waals surface area contributed by atoms with Crippen molar-refractivity contribution in [1.82, 2.24) is 5.32 Å². The Kier molecular flexibility index (Phi) is 7.51. The summed E-state index contributed by atoms with van der Waals surface area (Å²) in [5, 5.41) is 2.67. The van der Waals surface area contributed by atoms with E-state index in [0.717, 1.165) is 19.3 Å². The lowest BCUT2D eigenvalue weighted by Gasteiger charge is -2.06. The van der Waals surface area contributed by atoms with Gasteiger partial charge in [0.15, 0.2) is 0 Å². The van der Waals surface area contributed by atoms with Crippen LogP contribution in [-0.4, -0.2) is 17.4 Å². The number of esters is 1. The molecule has 0 saturated carbocycles. The number of allylic oxidation sites excluding steroid dienone is 1. The second kappa shape index (κ2) is 7.82. The average Bonchev–Trinajstić information content (AvgIpc) is 2.15. The molecule has 0 aliphatic rings. The van der Waals surface area contributed by atoms with Gasteiger partial charge < -0.3 is 10.1 Å². The molecule has 0 atom stereocenters. The summed E-state index contributed by atoms with van der Waals surface area (Å²) in [4.78, 5) is 11.2. The van der Waals surface area contributed by atoms with Gasteiger partial charge in [0.05, 0.1) is 7.11 Å². The highest BCUT2D eigenvalue weighted by Gasteiger charge is 2.08. The van der Waals surface area contributed by atoms with E-state index in [9.17, 15) is 4.79 Å². The van der Waals surface area contributed by atoms with Gasteiger partial charge in [-0.05, 0) is 12.8 Å². The van der Waals surface area contributed by atoms with Crippen LogP contribution >= 0.6 is 24.8 Å². The Morgan fingerprint density at radius 1 is 1.64 bits per heavy atom. The lowest BCUT2D eigenvalue weighted by atomic mass is 10.2. The van der Waals surface area contributed by atoms with E-state index in [2.05, 4.69) is 29.6 Å². The van der Waals surface area contributed by atoms with Crippen molar-refractivity contribution in [3.8, 4) is 0 Å². The Bertz CT molecular complexity index is 239. The van der Waals surface area contributed by atoms with Gasteiger partial charge >= 0.3 is 5.97 Å². The summed E-state index contributed by atoms with van der Waals surface area (Å²) in [7, 11) is 1.33. The number of hydrogen-bond donors (Lipinski definition) is 2. The van der Waals surface area contributed by atoms with Crippen LogP contribution in [0, 0.1) is 0 Å². The van der Waals surface area contributed by atoms with Crippen LogP contribution in [0.2, 0.25) is 0 Å². The van der Waals surface area contributed by atoms with Gasteiger partial charge in [0.1, 0.15) is 10.0 Å². The Balaban J connectivity index is 4.30. The maximum absolute atomic E-state index is 11.2. The first-order valence-electron chi connectivity index (χ1n) is 4.40. The number of thiol groups is 1. The summed E-state index contributed by atoms with van der Waals surface area (Å²) in [6, 6.07) is 0. The number of carbonyl (C=O) groups is 1. The van der Waals surface area contributed by atoms with E-state index >= 15 is 0 Å². The first-order chi connectivity index (χ1) is 6.61. The second-order valence-electron chi connectivity index (χ2n) is 2.68. The van der Waals surface area contributed by atoms with Crippen LogP contribution < -0.4 is 5.32 Å². The van der Waals surface area contributed by atoms with Crippen LogP contribution in [0.15, 0.2) is 11.8 Å². The lowest BCUT2D eigenvalue weighted by Crippen LogP contribution is -2.23. The number of ether oxygens (including phenoxy) is 1. The first kappa shape index (κ1) is 13.4. The highest BCUT2D eigenvalue weighted by molar-refractivity contribution is 8.11. The van der Waals surface area contributed by atoms with Gasteiger partial charge in [0.25, 0.3) is 0 Å². The van der Waals surface area contributed by atoms with Gasteiger partial charge in [-0.1, -0.05) is 31.6 Å². The Hall–Kier alpha value is -0.550. The van der Waals surface area contributed by atoms with Gasteiger partial charge in [-0.25, -0.2) is 4.79 Å². The summed E-state index contributed by atoms with van der Waals surface area (Å²) in [6.45, 7) is 2.09. The Morgan fingerprint density at radius 3 is 2.71 bits per heavy atom. The van der Waals surface area contributed by atoms with Gasteiger partial charge in [-0.15, -0.1) is 12.6 Å². The first-order valence-corrected chi connectivity index (χ1v) is 5.25. The van der Waals surface area contributed by atoms with Crippen LogP contribution in [0.4, 0.5) is 0 Å². The SMILES string of the molecule is CCCC/C=C(\NC(=S)S)C(=O)OC. The summed E-state index contributed by atoms with van der Waals surface area (Å²) >= 11 is 8.61.